The minimum absolute atomic E-state index is 0.235. The fourth-order valence-electron chi connectivity index (χ4n) is 3.85. The highest BCUT2D eigenvalue weighted by Gasteiger charge is 2.33. The van der Waals surface area contributed by atoms with Gasteiger partial charge in [-0.1, -0.05) is 42.5 Å². The van der Waals surface area contributed by atoms with E-state index in [1.54, 1.807) is 18.3 Å². The Labute approximate surface area is 159 Å². The van der Waals surface area contributed by atoms with Gasteiger partial charge in [-0.25, -0.2) is 4.39 Å². The van der Waals surface area contributed by atoms with Crippen LogP contribution in [0.5, 0.6) is 0 Å². The molecule has 1 aliphatic heterocycles. The Morgan fingerprint density at radius 3 is 2.52 bits per heavy atom. The Kier molecular flexibility index (Phi) is 5.01. The average molecular weight is 362 g/mol. The largest absolute Gasteiger partial charge is 0.385 e. The van der Waals surface area contributed by atoms with Crippen LogP contribution in [0.2, 0.25) is 0 Å². The molecule has 27 heavy (non-hydrogen) atoms. The zero-order chi connectivity index (χ0) is 18.7. The topological polar surface area (TPSA) is 36.4 Å². The van der Waals surface area contributed by atoms with Gasteiger partial charge in [0.1, 0.15) is 5.82 Å². The molecule has 4 rings (SSSR count). The monoisotopic (exact) mass is 362 g/mol. The molecule has 1 aromatic heterocycles. The zero-order valence-electron chi connectivity index (χ0n) is 15.2. The Bertz CT molecular complexity index is 905. The SMILES string of the molecule is OC1(c2ccccc2)CCN(Cc2cnccc2-c2cccc(F)c2)CC1. The number of benzene rings is 2. The zero-order valence-corrected chi connectivity index (χ0v) is 15.2. The van der Waals surface area contributed by atoms with Gasteiger partial charge < -0.3 is 5.11 Å². The molecule has 1 fully saturated rings. The highest BCUT2D eigenvalue weighted by atomic mass is 19.1. The molecule has 0 unspecified atom stereocenters. The van der Waals surface area contributed by atoms with E-state index in [9.17, 15) is 9.50 Å². The highest BCUT2D eigenvalue weighted by molar-refractivity contribution is 5.66. The van der Waals surface area contributed by atoms with E-state index in [4.69, 9.17) is 0 Å². The van der Waals surface area contributed by atoms with Crippen LogP contribution >= 0.6 is 0 Å². The summed E-state index contributed by atoms with van der Waals surface area (Å²) >= 11 is 0. The molecule has 2 heterocycles. The van der Waals surface area contributed by atoms with E-state index < -0.39 is 5.60 Å². The molecule has 1 saturated heterocycles. The molecule has 0 bridgehead atoms. The van der Waals surface area contributed by atoms with Gasteiger partial charge in [0.05, 0.1) is 5.60 Å². The van der Waals surface area contributed by atoms with Gasteiger partial charge in [-0.2, -0.15) is 0 Å². The minimum Gasteiger partial charge on any atom is -0.385 e. The molecule has 2 aromatic carbocycles. The maximum absolute atomic E-state index is 13.6. The molecule has 0 radical (unpaired) electrons. The predicted molar refractivity (Wildman–Crippen MR) is 104 cm³/mol. The summed E-state index contributed by atoms with van der Waals surface area (Å²) in [6, 6.07) is 18.5. The van der Waals surface area contributed by atoms with E-state index in [0.717, 1.165) is 41.9 Å². The smallest absolute Gasteiger partial charge is 0.123 e. The standard InChI is InChI=1S/C23H23FN2O/c24-21-8-4-5-18(15-21)22-9-12-25-16-19(22)17-26-13-10-23(27,11-14-26)20-6-2-1-3-7-20/h1-9,12,15-16,27H,10-11,13-14,17H2. The minimum atomic E-state index is -0.752. The summed E-state index contributed by atoms with van der Waals surface area (Å²) in [5.74, 6) is -0.235. The molecule has 0 aliphatic carbocycles. The molecule has 3 aromatic rings. The third-order valence-corrected chi connectivity index (χ3v) is 5.43. The predicted octanol–water partition coefficient (Wildman–Crippen LogP) is 4.37. The van der Waals surface area contributed by atoms with Crippen LogP contribution in [0, 0.1) is 5.82 Å². The van der Waals surface area contributed by atoms with Crippen LogP contribution in [-0.4, -0.2) is 28.1 Å². The van der Waals surface area contributed by atoms with Crippen LogP contribution in [0.3, 0.4) is 0 Å². The van der Waals surface area contributed by atoms with Crippen molar-refractivity contribution in [2.45, 2.75) is 25.0 Å². The molecule has 138 valence electrons. The van der Waals surface area contributed by atoms with Gasteiger partial charge in [0, 0.05) is 32.0 Å². The molecule has 0 atom stereocenters. The lowest BCUT2D eigenvalue weighted by Gasteiger charge is -2.38. The molecule has 0 saturated carbocycles. The van der Waals surface area contributed by atoms with Crippen molar-refractivity contribution < 1.29 is 9.50 Å². The van der Waals surface area contributed by atoms with Crippen molar-refractivity contribution in [2.75, 3.05) is 13.1 Å². The fourth-order valence-corrected chi connectivity index (χ4v) is 3.85. The van der Waals surface area contributed by atoms with Gasteiger partial charge >= 0.3 is 0 Å². The number of aliphatic hydroxyl groups is 1. The van der Waals surface area contributed by atoms with Gasteiger partial charge in [-0.15, -0.1) is 0 Å². The summed E-state index contributed by atoms with van der Waals surface area (Å²) in [7, 11) is 0. The second-order valence-corrected chi connectivity index (χ2v) is 7.22. The highest BCUT2D eigenvalue weighted by Crippen LogP contribution is 2.34. The Hall–Kier alpha value is -2.56. The van der Waals surface area contributed by atoms with Gasteiger partial charge in [0.25, 0.3) is 0 Å². The third-order valence-electron chi connectivity index (χ3n) is 5.43. The number of piperidine rings is 1. The molecule has 0 amide bonds. The molecular weight excluding hydrogens is 339 g/mol. The summed E-state index contributed by atoms with van der Waals surface area (Å²) in [5.41, 5.74) is 3.19. The molecule has 0 spiro atoms. The Balaban J connectivity index is 1.49. The van der Waals surface area contributed by atoms with Crippen LogP contribution in [0.15, 0.2) is 73.1 Å². The molecular formula is C23H23FN2O. The van der Waals surface area contributed by atoms with Gasteiger partial charge in [-0.3, -0.25) is 9.88 Å². The summed E-state index contributed by atoms with van der Waals surface area (Å²) in [4.78, 5) is 6.60. The maximum Gasteiger partial charge on any atom is 0.123 e. The number of likely N-dealkylation sites (tertiary alicyclic amines) is 1. The number of halogens is 1. The van der Waals surface area contributed by atoms with Crippen LogP contribution < -0.4 is 0 Å². The summed E-state index contributed by atoms with van der Waals surface area (Å²) in [6.07, 6.45) is 5.01. The maximum atomic E-state index is 13.6. The van der Waals surface area contributed by atoms with Crippen LogP contribution in [-0.2, 0) is 12.1 Å². The van der Waals surface area contributed by atoms with Crippen molar-refractivity contribution in [3.05, 3.63) is 90.0 Å². The van der Waals surface area contributed by atoms with Gasteiger partial charge in [0.2, 0.25) is 0 Å². The molecule has 1 aliphatic rings. The molecule has 1 N–H and O–H groups in total. The van der Waals surface area contributed by atoms with Crippen LogP contribution in [0.25, 0.3) is 11.1 Å². The van der Waals surface area contributed by atoms with Crippen molar-refractivity contribution in [3.8, 4) is 11.1 Å². The van der Waals surface area contributed by atoms with Crippen LogP contribution in [0.4, 0.5) is 4.39 Å². The van der Waals surface area contributed by atoms with Crippen molar-refractivity contribution in [1.29, 1.82) is 0 Å². The number of hydrogen-bond donors (Lipinski definition) is 1. The van der Waals surface area contributed by atoms with Crippen molar-refractivity contribution in [3.63, 3.8) is 0 Å². The van der Waals surface area contributed by atoms with Gasteiger partial charge in [0.15, 0.2) is 0 Å². The normalized spacial score (nSPS) is 17.0. The van der Waals surface area contributed by atoms with Gasteiger partial charge in [-0.05, 0) is 53.3 Å². The van der Waals surface area contributed by atoms with E-state index >= 15 is 0 Å². The number of nitrogens with zero attached hydrogens (tertiary/aromatic N) is 2. The molecule has 3 nitrogen and oxygen atoms in total. The average Bonchev–Trinajstić information content (AvgIpc) is 2.71. The first kappa shape index (κ1) is 17.8. The summed E-state index contributed by atoms with van der Waals surface area (Å²) in [6.45, 7) is 2.36. The molecule has 4 heteroatoms. The Morgan fingerprint density at radius 2 is 1.78 bits per heavy atom. The summed E-state index contributed by atoms with van der Waals surface area (Å²) < 4.78 is 13.6. The first-order valence-electron chi connectivity index (χ1n) is 9.33. The second kappa shape index (κ2) is 7.59. The second-order valence-electron chi connectivity index (χ2n) is 7.22. The van der Waals surface area contributed by atoms with Crippen LogP contribution in [0.1, 0.15) is 24.0 Å². The lowest BCUT2D eigenvalue weighted by Crippen LogP contribution is -2.42. The first-order chi connectivity index (χ1) is 13.1. The van der Waals surface area contributed by atoms with E-state index in [-0.39, 0.29) is 5.82 Å². The van der Waals surface area contributed by atoms with E-state index in [1.165, 1.54) is 6.07 Å². The number of hydrogen-bond acceptors (Lipinski definition) is 3. The van der Waals surface area contributed by atoms with E-state index in [1.807, 2.05) is 48.7 Å². The fraction of sp³-hybridized carbons (Fsp3) is 0.261. The van der Waals surface area contributed by atoms with Crippen molar-refractivity contribution >= 4 is 0 Å². The number of rotatable bonds is 4. The number of aromatic nitrogens is 1. The lowest BCUT2D eigenvalue weighted by atomic mass is 9.84. The summed E-state index contributed by atoms with van der Waals surface area (Å²) in [5, 5.41) is 11.0. The first-order valence-corrected chi connectivity index (χ1v) is 9.33. The van der Waals surface area contributed by atoms with Crippen molar-refractivity contribution in [2.24, 2.45) is 0 Å². The number of pyridine rings is 1. The third kappa shape index (κ3) is 3.92. The van der Waals surface area contributed by atoms with E-state index in [2.05, 4.69) is 9.88 Å². The van der Waals surface area contributed by atoms with Crippen molar-refractivity contribution in [1.82, 2.24) is 9.88 Å². The van der Waals surface area contributed by atoms with E-state index in [0.29, 0.717) is 12.8 Å². The Morgan fingerprint density at radius 1 is 1.00 bits per heavy atom. The quantitative estimate of drug-likeness (QED) is 0.749. The lowest BCUT2D eigenvalue weighted by molar-refractivity contribution is -0.0277.